The van der Waals surface area contributed by atoms with E-state index in [1.807, 2.05) is 6.26 Å². The molecule has 2 N–H and O–H groups in total. The quantitative estimate of drug-likeness (QED) is 0.627. The maximum atomic E-state index is 11.4. The van der Waals surface area contributed by atoms with E-state index in [2.05, 4.69) is 0 Å². The summed E-state index contributed by atoms with van der Waals surface area (Å²) in [7, 11) is 0. The maximum Gasteiger partial charge on any atom is 0.175 e. The van der Waals surface area contributed by atoms with Crippen molar-refractivity contribution in [3.63, 3.8) is 0 Å². The molecule has 3 atom stereocenters. The Morgan fingerprint density at radius 1 is 1.42 bits per heavy atom. The predicted molar refractivity (Wildman–Crippen MR) is 51.6 cm³/mol. The van der Waals surface area contributed by atoms with Crippen molar-refractivity contribution in [3.8, 4) is 0 Å². The average molecular weight is 210 g/mol. The molecule has 1 rings (SSSR count). The number of rotatable bonds is 2. The third-order valence-corrected chi connectivity index (χ3v) is 6.04. The Bertz CT molecular complexity index is 153. The van der Waals surface area contributed by atoms with Crippen molar-refractivity contribution >= 4 is 22.9 Å². The molecule has 0 heterocycles. The van der Waals surface area contributed by atoms with Crippen molar-refractivity contribution in [2.45, 2.75) is 29.1 Å². The minimum absolute atomic E-state index is 0.429. The molecule has 0 aliphatic heterocycles. The Balaban J connectivity index is 2.71. The van der Waals surface area contributed by atoms with E-state index in [0.717, 1.165) is 0 Å². The van der Waals surface area contributed by atoms with E-state index in [9.17, 15) is 14.8 Å². The summed E-state index contributed by atoms with van der Waals surface area (Å²) in [6, 6.07) is 0. The molecule has 1 saturated carbocycles. The lowest BCUT2D eigenvalue weighted by molar-refractivity contribution is 0.0438. The topological polar surface area (TPSA) is 63.5 Å². The van der Waals surface area contributed by atoms with Crippen LogP contribution >= 0.6 is 11.8 Å². The van der Waals surface area contributed by atoms with Crippen molar-refractivity contribution in [2.75, 3.05) is 12.5 Å². The van der Waals surface area contributed by atoms with E-state index in [4.69, 9.17) is 0 Å². The normalized spacial score (nSPS) is 36.8. The highest BCUT2D eigenvalue weighted by molar-refractivity contribution is 8.14. The van der Waals surface area contributed by atoms with Crippen molar-refractivity contribution < 1.29 is 14.8 Å². The van der Waals surface area contributed by atoms with Crippen LogP contribution in [0.5, 0.6) is 0 Å². The molecule has 0 amide bonds. The van der Waals surface area contributed by atoms with Crippen LogP contribution in [-0.4, -0.2) is 43.6 Å². The summed E-state index contributed by atoms with van der Waals surface area (Å²) in [6.45, 7) is 0. The van der Waals surface area contributed by atoms with Gasteiger partial charge in [-0.25, -0.2) is 0 Å². The van der Waals surface area contributed by atoms with Crippen molar-refractivity contribution in [3.05, 3.63) is 0 Å². The SMILES string of the molecule is CSC1([S@+](C)[O-])C[C@H](O)[C@@H](O)C1. The third-order valence-electron chi connectivity index (χ3n) is 2.38. The second kappa shape index (κ2) is 3.75. The Kier molecular flexibility index (Phi) is 3.34. The fraction of sp³-hybridized carbons (Fsp3) is 1.00. The first-order chi connectivity index (χ1) is 5.52. The van der Waals surface area contributed by atoms with Gasteiger partial charge in [0.05, 0.1) is 18.5 Å². The summed E-state index contributed by atoms with van der Waals surface area (Å²) in [4.78, 5) is 0. The zero-order chi connectivity index (χ0) is 9.35. The van der Waals surface area contributed by atoms with E-state index in [0.29, 0.717) is 12.8 Å². The number of hydrogen-bond acceptors (Lipinski definition) is 4. The zero-order valence-electron chi connectivity index (χ0n) is 7.19. The Morgan fingerprint density at radius 3 is 2.00 bits per heavy atom. The van der Waals surface area contributed by atoms with Gasteiger partial charge < -0.3 is 14.8 Å². The van der Waals surface area contributed by atoms with E-state index in [1.54, 1.807) is 6.26 Å². The van der Waals surface area contributed by atoms with Gasteiger partial charge in [-0.3, -0.25) is 0 Å². The highest BCUT2D eigenvalue weighted by atomic mass is 32.3. The van der Waals surface area contributed by atoms with E-state index >= 15 is 0 Å². The zero-order valence-corrected chi connectivity index (χ0v) is 8.82. The van der Waals surface area contributed by atoms with Gasteiger partial charge in [-0.15, -0.1) is 11.8 Å². The van der Waals surface area contributed by atoms with Gasteiger partial charge in [0, 0.05) is 12.8 Å². The molecule has 3 nitrogen and oxygen atoms in total. The first-order valence-electron chi connectivity index (χ1n) is 3.76. The molecule has 0 aromatic rings. The van der Waals surface area contributed by atoms with Gasteiger partial charge in [-0.1, -0.05) is 0 Å². The highest BCUT2D eigenvalue weighted by Crippen LogP contribution is 2.44. The van der Waals surface area contributed by atoms with Crippen LogP contribution in [0, 0.1) is 0 Å². The summed E-state index contributed by atoms with van der Waals surface area (Å²) in [5.74, 6) is 0. The Hall–Kier alpha value is 0.580. The fourth-order valence-corrected chi connectivity index (χ4v) is 3.94. The van der Waals surface area contributed by atoms with Crippen molar-refractivity contribution in [1.29, 1.82) is 0 Å². The molecular weight excluding hydrogens is 196 g/mol. The lowest BCUT2D eigenvalue weighted by Gasteiger charge is -2.27. The van der Waals surface area contributed by atoms with Crippen LogP contribution in [0.4, 0.5) is 0 Å². The monoisotopic (exact) mass is 210 g/mol. The van der Waals surface area contributed by atoms with Gasteiger partial charge in [0.1, 0.15) is 0 Å². The fourth-order valence-electron chi connectivity index (χ4n) is 1.51. The van der Waals surface area contributed by atoms with Gasteiger partial charge >= 0.3 is 0 Å². The molecule has 0 spiro atoms. The summed E-state index contributed by atoms with van der Waals surface area (Å²) >= 11 is 0.477. The first kappa shape index (κ1) is 10.7. The standard InChI is InChI=1S/C7H14O3S2/c1-11-7(12(2)10)3-5(8)6(9)4-7/h5-6,8-9H,3-4H2,1-2H3/t5-,6-,12-/m0/s1. The van der Waals surface area contributed by atoms with Crippen LogP contribution < -0.4 is 0 Å². The van der Waals surface area contributed by atoms with Crippen LogP contribution in [0.25, 0.3) is 0 Å². The van der Waals surface area contributed by atoms with Crippen molar-refractivity contribution in [1.82, 2.24) is 0 Å². The summed E-state index contributed by atoms with van der Waals surface area (Å²) in [5, 5.41) is 18.6. The number of aliphatic hydroxyl groups is 2. The average Bonchev–Trinajstić information content (AvgIpc) is 2.29. The highest BCUT2D eigenvalue weighted by Gasteiger charge is 2.50. The molecule has 1 aliphatic carbocycles. The Labute approximate surface area is 79.7 Å². The molecule has 0 radical (unpaired) electrons. The van der Waals surface area contributed by atoms with Crippen LogP contribution in [0.2, 0.25) is 0 Å². The molecule has 0 saturated heterocycles. The van der Waals surface area contributed by atoms with Gasteiger partial charge in [0.2, 0.25) is 0 Å². The molecule has 0 bridgehead atoms. The molecule has 1 aliphatic rings. The molecule has 1 fully saturated rings. The molecule has 0 aromatic heterocycles. The van der Waals surface area contributed by atoms with Crippen LogP contribution in [0.1, 0.15) is 12.8 Å². The molecule has 5 heteroatoms. The summed E-state index contributed by atoms with van der Waals surface area (Å²) in [6.07, 6.45) is 2.94. The van der Waals surface area contributed by atoms with Gasteiger partial charge in [-0.05, 0) is 17.4 Å². The van der Waals surface area contributed by atoms with Gasteiger partial charge in [0.25, 0.3) is 0 Å². The largest absolute Gasteiger partial charge is 0.615 e. The molecule has 12 heavy (non-hydrogen) atoms. The minimum Gasteiger partial charge on any atom is -0.615 e. The van der Waals surface area contributed by atoms with E-state index < -0.39 is 27.5 Å². The van der Waals surface area contributed by atoms with Gasteiger partial charge in [-0.2, -0.15) is 0 Å². The summed E-state index contributed by atoms with van der Waals surface area (Å²) < 4.78 is 10.9. The van der Waals surface area contributed by atoms with E-state index in [1.165, 1.54) is 11.8 Å². The third kappa shape index (κ3) is 1.75. The second-order valence-corrected chi connectivity index (χ2v) is 6.25. The molecule has 0 unspecified atom stereocenters. The minimum atomic E-state index is -0.998. The first-order valence-corrected chi connectivity index (χ1v) is 6.55. The number of hydrogen-bond donors (Lipinski definition) is 2. The molecule has 0 aromatic carbocycles. The van der Waals surface area contributed by atoms with Crippen LogP contribution in [0.15, 0.2) is 0 Å². The Morgan fingerprint density at radius 2 is 1.83 bits per heavy atom. The maximum absolute atomic E-state index is 11.4. The van der Waals surface area contributed by atoms with Crippen LogP contribution in [0.3, 0.4) is 0 Å². The smallest absolute Gasteiger partial charge is 0.175 e. The summed E-state index contributed by atoms with van der Waals surface area (Å²) in [5.41, 5.74) is 0. The lowest BCUT2D eigenvalue weighted by atomic mass is 10.3. The number of aliphatic hydroxyl groups excluding tert-OH is 2. The molecule has 72 valence electrons. The second-order valence-electron chi connectivity index (χ2n) is 3.11. The van der Waals surface area contributed by atoms with E-state index in [-0.39, 0.29) is 0 Å². The lowest BCUT2D eigenvalue weighted by Crippen LogP contribution is -2.32. The van der Waals surface area contributed by atoms with Crippen LogP contribution in [-0.2, 0) is 11.2 Å². The molecular formula is C7H14O3S2. The predicted octanol–water partition coefficient (Wildman–Crippen LogP) is -0.0602. The van der Waals surface area contributed by atoms with Crippen molar-refractivity contribution in [2.24, 2.45) is 0 Å². The number of thioether (sulfide) groups is 1. The van der Waals surface area contributed by atoms with Gasteiger partial charge in [0.15, 0.2) is 4.08 Å².